The summed E-state index contributed by atoms with van der Waals surface area (Å²) in [4.78, 5) is 21.0. The van der Waals surface area contributed by atoms with E-state index in [0.29, 0.717) is 5.02 Å². The standard InChI is InChI=1S/C14H10ClNO5/c15-10-3-1-9(2-4-10)8-21-11-5-6-13(16(19)20)12(7-11)14(17)18/h1-7H,8H2,(H,17,18). The smallest absolute Gasteiger partial charge is 0.342 e. The molecule has 108 valence electrons. The third kappa shape index (κ3) is 3.70. The van der Waals surface area contributed by atoms with Crippen LogP contribution in [0.5, 0.6) is 5.75 Å². The molecular formula is C14H10ClNO5. The topological polar surface area (TPSA) is 89.7 Å². The molecule has 0 aromatic heterocycles. The third-order valence-electron chi connectivity index (χ3n) is 2.71. The molecule has 0 spiro atoms. The van der Waals surface area contributed by atoms with Gasteiger partial charge in [-0.2, -0.15) is 0 Å². The van der Waals surface area contributed by atoms with E-state index in [-0.39, 0.29) is 12.4 Å². The summed E-state index contributed by atoms with van der Waals surface area (Å²) in [5, 5.41) is 20.3. The Balaban J connectivity index is 2.17. The van der Waals surface area contributed by atoms with Crippen LogP contribution in [0.25, 0.3) is 0 Å². The van der Waals surface area contributed by atoms with Crippen molar-refractivity contribution in [2.24, 2.45) is 0 Å². The Hall–Kier alpha value is -2.60. The van der Waals surface area contributed by atoms with E-state index >= 15 is 0 Å². The van der Waals surface area contributed by atoms with Crippen LogP contribution >= 0.6 is 11.6 Å². The molecule has 0 bridgehead atoms. The molecule has 0 aliphatic carbocycles. The van der Waals surface area contributed by atoms with E-state index in [4.69, 9.17) is 21.4 Å². The monoisotopic (exact) mass is 307 g/mol. The second-order valence-electron chi connectivity index (χ2n) is 4.16. The molecule has 0 fully saturated rings. The number of nitro groups is 1. The van der Waals surface area contributed by atoms with E-state index in [0.717, 1.165) is 17.7 Å². The maximum Gasteiger partial charge on any atom is 0.342 e. The molecule has 0 radical (unpaired) electrons. The number of nitrogens with zero attached hydrogens (tertiary/aromatic N) is 1. The van der Waals surface area contributed by atoms with Crippen molar-refractivity contribution in [2.45, 2.75) is 6.61 Å². The number of carboxylic acids is 1. The van der Waals surface area contributed by atoms with Crippen molar-refractivity contribution in [3.05, 3.63) is 68.7 Å². The Labute approximate surface area is 124 Å². The first-order valence-electron chi connectivity index (χ1n) is 5.86. The lowest BCUT2D eigenvalue weighted by atomic mass is 10.1. The zero-order chi connectivity index (χ0) is 15.4. The molecule has 21 heavy (non-hydrogen) atoms. The van der Waals surface area contributed by atoms with Crippen LogP contribution in [0.2, 0.25) is 5.02 Å². The van der Waals surface area contributed by atoms with Gasteiger partial charge in [0.2, 0.25) is 0 Å². The Morgan fingerprint density at radius 3 is 2.48 bits per heavy atom. The van der Waals surface area contributed by atoms with Crippen LogP contribution in [0.4, 0.5) is 5.69 Å². The van der Waals surface area contributed by atoms with Gasteiger partial charge < -0.3 is 9.84 Å². The number of carbonyl (C=O) groups is 1. The van der Waals surface area contributed by atoms with Gasteiger partial charge in [0.1, 0.15) is 17.9 Å². The lowest BCUT2D eigenvalue weighted by Crippen LogP contribution is -2.04. The average molecular weight is 308 g/mol. The summed E-state index contributed by atoms with van der Waals surface area (Å²) in [6.07, 6.45) is 0. The zero-order valence-electron chi connectivity index (χ0n) is 10.7. The minimum Gasteiger partial charge on any atom is -0.489 e. The van der Waals surface area contributed by atoms with Gasteiger partial charge in [0, 0.05) is 17.2 Å². The van der Waals surface area contributed by atoms with Gasteiger partial charge in [-0.15, -0.1) is 0 Å². The van der Waals surface area contributed by atoms with E-state index in [2.05, 4.69) is 0 Å². The summed E-state index contributed by atoms with van der Waals surface area (Å²) in [5.41, 5.74) is -0.0374. The molecule has 0 atom stereocenters. The second kappa shape index (κ2) is 6.23. The third-order valence-corrected chi connectivity index (χ3v) is 2.97. The highest BCUT2D eigenvalue weighted by atomic mass is 35.5. The summed E-state index contributed by atoms with van der Waals surface area (Å²) in [6.45, 7) is 0.202. The molecule has 0 heterocycles. The number of benzene rings is 2. The first kappa shape index (κ1) is 14.8. The van der Waals surface area contributed by atoms with Crippen LogP contribution in [0.15, 0.2) is 42.5 Å². The number of halogens is 1. The lowest BCUT2D eigenvalue weighted by molar-refractivity contribution is -0.385. The van der Waals surface area contributed by atoms with Crippen LogP contribution < -0.4 is 4.74 Å². The van der Waals surface area contributed by atoms with Crippen LogP contribution in [0, 0.1) is 10.1 Å². The van der Waals surface area contributed by atoms with Gasteiger partial charge in [-0.25, -0.2) is 4.79 Å². The van der Waals surface area contributed by atoms with Gasteiger partial charge in [-0.3, -0.25) is 10.1 Å². The Morgan fingerprint density at radius 1 is 1.24 bits per heavy atom. The molecule has 6 nitrogen and oxygen atoms in total. The highest BCUT2D eigenvalue weighted by molar-refractivity contribution is 6.30. The summed E-state index contributed by atoms with van der Waals surface area (Å²) in [5.74, 6) is -1.13. The molecule has 0 unspecified atom stereocenters. The van der Waals surface area contributed by atoms with E-state index in [9.17, 15) is 14.9 Å². The highest BCUT2D eigenvalue weighted by Gasteiger charge is 2.20. The molecule has 2 aromatic carbocycles. The van der Waals surface area contributed by atoms with Crippen molar-refractivity contribution in [2.75, 3.05) is 0 Å². The predicted octanol–water partition coefficient (Wildman–Crippen LogP) is 3.53. The van der Waals surface area contributed by atoms with E-state index in [1.54, 1.807) is 24.3 Å². The van der Waals surface area contributed by atoms with Crippen LogP contribution in [0.1, 0.15) is 15.9 Å². The van der Waals surface area contributed by atoms with Crippen molar-refractivity contribution < 1.29 is 19.6 Å². The Morgan fingerprint density at radius 2 is 1.90 bits per heavy atom. The zero-order valence-corrected chi connectivity index (χ0v) is 11.4. The molecule has 1 N–H and O–H groups in total. The number of ether oxygens (including phenoxy) is 1. The number of hydrogen-bond donors (Lipinski definition) is 1. The Bertz CT molecular complexity index is 684. The predicted molar refractivity (Wildman–Crippen MR) is 75.8 cm³/mol. The van der Waals surface area contributed by atoms with Crippen molar-refractivity contribution in [3.63, 3.8) is 0 Å². The number of nitro benzene ring substituents is 1. The highest BCUT2D eigenvalue weighted by Crippen LogP contribution is 2.24. The van der Waals surface area contributed by atoms with Gasteiger partial charge in [0.15, 0.2) is 0 Å². The lowest BCUT2D eigenvalue weighted by Gasteiger charge is -2.07. The normalized spacial score (nSPS) is 10.1. The minimum absolute atomic E-state index is 0.202. The molecule has 0 saturated heterocycles. The first-order valence-corrected chi connectivity index (χ1v) is 6.24. The second-order valence-corrected chi connectivity index (χ2v) is 4.59. The molecule has 0 aliphatic rings. The van der Waals surface area contributed by atoms with Crippen LogP contribution in [-0.2, 0) is 6.61 Å². The van der Waals surface area contributed by atoms with Crippen molar-refractivity contribution >= 4 is 23.3 Å². The maximum atomic E-state index is 11.0. The molecule has 0 amide bonds. The molecule has 0 saturated carbocycles. The van der Waals surface area contributed by atoms with Crippen molar-refractivity contribution in [1.82, 2.24) is 0 Å². The van der Waals surface area contributed by atoms with Gasteiger partial charge >= 0.3 is 5.97 Å². The molecule has 2 aromatic rings. The van der Waals surface area contributed by atoms with E-state index in [1.165, 1.54) is 6.07 Å². The molecule has 2 rings (SSSR count). The fraction of sp³-hybridized carbons (Fsp3) is 0.0714. The van der Waals surface area contributed by atoms with Gasteiger partial charge in [0.25, 0.3) is 5.69 Å². The maximum absolute atomic E-state index is 11.0. The molecule has 0 aliphatic heterocycles. The first-order chi connectivity index (χ1) is 9.97. The van der Waals surface area contributed by atoms with Crippen molar-refractivity contribution in [3.8, 4) is 5.75 Å². The molecule has 7 heteroatoms. The molecular weight excluding hydrogens is 298 g/mol. The van der Waals surface area contributed by atoms with Crippen LogP contribution in [-0.4, -0.2) is 16.0 Å². The number of rotatable bonds is 5. The number of carboxylic acid groups (broad SMARTS) is 1. The van der Waals surface area contributed by atoms with Gasteiger partial charge in [0.05, 0.1) is 4.92 Å². The van der Waals surface area contributed by atoms with Crippen LogP contribution in [0.3, 0.4) is 0 Å². The average Bonchev–Trinajstić information content (AvgIpc) is 2.46. The van der Waals surface area contributed by atoms with Crippen molar-refractivity contribution in [1.29, 1.82) is 0 Å². The minimum atomic E-state index is -1.38. The van der Waals surface area contributed by atoms with E-state index < -0.39 is 22.1 Å². The fourth-order valence-electron chi connectivity index (χ4n) is 1.68. The summed E-state index contributed by atoms with van der Waals surface area (Å²) >= 11 is 5.76. The summed E-state index contributed by atoms with van der Waals surface area (Å²) < 4.78 is 5.43. The van der Waals surface area contributed by atoms with Gasteiger partial charge in [-0.1, -0.05) is 23.7 Å². The van der Waals surface area contributed by atoms with E-state index in [1.807, 2.05) is 0 Å². The number of hydrogen-bond acceptors (Lipinski definition) is 4. The Kier molecular flexibility index (Phi) is 4.39. The summed E-state index contributed by atoms with van der Waals surface area (Å²) in [7, 11) is 0. The number of aromatic carboxylic acids is 1. The largest absolute Gasteiger partial charge is 0.489 e. The fourth-order valence-corrected chi connectivity index (χ4v) is 1.81. The SMILES string of the molecule is O=C(O)c1cc(OCc2ccc(Cl)cc2)ccc1[N+](=O)[O-]. The van der Waals surface area contributed by atoms with Gasteiger partial charge in [-0.05, 0) is 23.8 Å². The quantitative estimate of drug-likeness (QED) is 0.674. The summed E-state index contributed by atoms with van der Waals surface area (Å²) in [6, 6.07) is 10.6.